The molecule has 1 amide bonds. The standard InChI is InChI=1S/C16H24N2O2S/c1-12-4-2-7-15(8-12)21(20)11-16(19)18-14-6-3-5-13(9-14)10-17/h3,5-6,9,12,15H,2,4,7-8,10-11,17H2,1H3,(H,18,19). The van der Waals surface area contributed by atoms with Crippen molar-refractivity contribution < 1.29 is 9.00 Å². The number of hydrogen-bond donors (Lipinski definition) is 2. The van der Waals surface area contributed by atoms with Crippen molar-refractivity contribution in [3.05, 3.63) is 29.8 Å². The first-order valence-corrected chi connectivity index (χ1v) is 8.92. The van der Waals surface area contributed by atoms with Crippen molar-refractivity contribution >= 4 is 22.4 Å². The Hall–Kier alpha value is -1.20. The minimum atomic E-state index is -1.07. The van der Waals surface area contributed by atoms with E-state index < -0.39 is 10.8 Å². The lowest BCUT2D eigenvalue weighted by Crippen LogP contribution is -2.29. The average Bonchev–Trinajstić information content (AvgIpc) is 2.47. The molecular weight excluding hydrogens is 284 g/mol. The van der Waals surface area contributed by atoms with Crippen molar-refractivity contribution in [2.75, 3.05) is 11.1 Å². The summed E-state index contributed by atoms with van der Waals surface area (Å²) in [5, 5.41) is 2.99. The molecule has 0 saturated heterocycles. The van der Waals surface area contributed by atoms with Crippen molar-refractivity contribution in [1.82, 2.24) is 0 Å². The second-order valence-electron chi connectivity index (χ2n) is 5.87. The summed E-state index contributed by atoms with van der Waals surface area (Å²) in [4.78, 5) is 12.0. The molecule has 3 N–H and O–H groups in total. The van der Waals surface area contributed by atoms with Gasteiger partial charge in [0.2, 0.25) is 5.91 Å². The monoisotopic (exact) mass is 308 g/mol. The zero-order valence-electron chi connectivity index (χ0n) is 12.5. The first-order valence-electron chi connectivity index (χ1n) is 7.54. The first-order chi connectivity index (χ1) is 10.1. The number of nitrogens with two attached hydrogens (primary N) is 1. The molecule has 1 aromatic rings. The largest absolute Gasteiger partial charge is 0.326 e. The van der Waals surface area contributed by atoms with Crippen molar-refractivity contribution in [1.29, 1.82) is 0 Å². The Kier molecular flexibility index (Phi) is 5.94. The van der Waals surface area contributed by atoms with Crippen LogP contribution < -0.4 is 11.1 Å². The van der Waals surface area contributed by atoms with E-state index >= 15 is 0 Å². The van der Waals surface area contributed by atoms with Crippen molar-refractivity contribution in [2.24, 2.45) is 11.7 Å². The molecule has 2 rings (SSSR count). The molecule has 4 nitrogen and oxygen atoms in total. The molecule has 1 aromatic carbocycles. The summed E-state index contributed by atoms with van der Waals surface area (Å²) in [6.45, 7) is 2.64. The maximum absolute atomic E-state index is 12.3. The Morgan fingerprint density at radius 1 is 1.43 bits per heavy atom. The van der Waals surface area contributed by atoms with Crippen molar-refractivity contribution in [3.8, 4) is 0 Å². The van der Waals surface area contributed by atoms with Gasteiger partial charge in [-0.25, -0.2) is 0 Å². The molecule has 5 heteroatoms. The van der Waals surface area contributed by atoms with Crippen LogP contribution in [-0.4, -0.2) is 21.1 Å². The average molecular weight is 308 g/mol. The molecule has 1 aliphatic rings. The molecule has 1 saturated carbocycles. The van der Waals surface area contributed by atoms with E-state index in [1.54, 1.807) is 0 Å². The molecule has 3 unspecified atom stereocenters. The van der Waals surface area contributed by atoms with E-state index in [1.807, 2.05) is 24.3 Å². The van der Waals surface area contributed by atoms with E-state index in [4.69, 9.17) is 5.73 Å². The van der Waals surface area contributed by atoms with E-state index in [-0.39, 0.29) is 16.9 Å². The van der Waals surface area contributed by atoms with Gasteiger partial charge in [0.1, 0.15) is 5.75 Å². The summed E-state index contributed by atoms with van der Waals surface area (Å²) in [5.41, 5.74) is 7.27. The molecule has 1 fully saturated rings. The van der Waals surface area contributed by atoms with Gasteiger partial charge < -0.3 is 11.1 Å². The van der Waals surface area contributed by atoms with Crippen LogP contribution in [0.25, 0.3) is 0 Å². The zero-order valence-corrected chi connectivity index (χ0v) is 13.3. The molecule has 116 valence electrons. The highest BCUT2D eigenvalue weighted by Crippen LogP contribution is 2.27. The maximum Gasteiger partial charge on any atom is 0.237 e. The summed E-state index contributed by atoms with van der Waals surface area (Å²) in [6, 6.07) is 7.45. The minimum Gasteiger partial charge on any atom is -0.326 e. The normalized spacial score (nSPS) is 23.5. The molecule has 0 aliphatic heterocycles. The third kappa shape index (κ3) is 4.93. The molecule has 0 aromatic heterocycles. The van der Waals surface area contributed by atoms with Gasteiger partial charge in [0.25, 0.3) is 0 Å². The number of rotatable bonds is 5. The fourth-order valence-electron chi connectivity index (χ4n) is 2.84. The summed E-state index contributed by atoms with van der Waals surface area (Å²) < 4.78 is 12.3. The Bertz CT molecular complexity index is 519. The van der Waals surface area contributed by atoms with Crippen LogP contribution in [0.4, 0.5) is 5.69 Å². The van der Waals surface area contributed by atoms with Gasteiger partial charge in [0.15, 0.2) is 0 Å². The first kappa shape index (κ1) is 16.2. The minimum absolute atomic E-state index is 0.0875. The van der Waals surface area contributed by atoms with E-state index in [0.29, 0.717) is 12.5 Å². The number of nitrogens with one attached hydrogen (secondary N) is 1. The Morgan fingerprint density at radius 2 is 2.24 bits per heavy atom. The zero-order chi connectivity index (χ0) is 15.2. The second kappa shape index (κ2) is 7.71. The lowest BCUT2D eigenvalue weighted by molar-refractivity contribution is -0.113. The van der Waals surface area contributed by atoms with Crippen LogP contribution in [0.5, 0.6) is 0 Å². The predicted molar refractivity (Wildman–Crippen MR) is 87.4 cm³/mol. The number of hydrogen-bond acceptors (Lipinski definition) is 3. The van der Waals surface area contributed by atoms with E-state index in [9.17, 15) is 9.00 Å². The van der Waals surface area contributed by atoms with Gasteiger partial charge in [-0.2, -0.15) is 0 Å². The van der Waals surface area contributed by atoms with Crippen molar-refractivity contribution in [3.63, 3.8) is 0 Å². The maximum atomic E-state index is 12.3. The SMILES string of the molecule is CC1CCCC(S(=O)CC(=O)Nc2cccc(CN)c2)C1. The molecule has 0 heterocycles. The molecule has 21 heavy (non-hydrogen) atoms. The number of carbonyl (C=O) groups excluding carboxylic acids is 1. The second-order valence-corrected chi connectivity index (χ2v) is 7.59. The van der Waals surface area contributed by atoms with Crippen LogP contribution in [0.15, 0.2) is 24.3 Å². The molecule has 0 spiro atoms. The molecule has 0 radical (unpaired) electrons. The van der Waals surface area contributed by atoms with Gasteiger partial charge in [-0.05, 0) is 36.5 Å². The van der Waals surface area contributed by atoms with Gasteiger partial charge in [0.05, 0.1) is 0 Å². The quantitative estimate of drug-likeness (QED) is 0.877. The third-order valence-electron chi connectivity index (χ3n) is 3.98. The molecule has 1 aliphatic carbocycles. The Labute approximate surface area is 129 Å². The molecule has 0 bridgehead atoms. The highest BCUT2D eigenvalue weighted by atomic mass is 32.2. The van der Waals surface area contributed by atoms with Crippen LogP contribution in [0.2, 0.25) is 0 Å². The lowest BCUT2D eigenvalue weighted by atomic mass is 9.91. The van der Waals surface area contributed by atoms with Crippen molar-refractivity contribution in [2.45, 2.75) is 44.4 Å². The number of anilines is 1. The summed E-state index contributed by atoms with van der Waals surface area (Å²) >= 11 is 0. The van der Waals surface area contributed by atoms with Crippen LogP contribution >= 0.6 is 0 Å². The Morgan fingerprint density at radius 3 is 2.95 bits per heavy atom. The lowest BCUT2D eigenvalue weighted by Gasteiger charge is -2.25. The summed E-state index contributed by atoms with van der Waals surface area (Å²) in [7, 11) is -1.07. The van der Waals surface area contributed by atoms with Crippen LogP contribution in [-0.2, 0) is 22.1 Å². The topological polar surface area (TPSA) is 72.2 Å². The smallest absolute Gasteiger partial charge is 0.237 e. The van der Waals surface area contributed by atoms with Gasteiger partial charge in [0, 0.05) is 28.3 Å². The fourth-order valence-corrected chi connectivity index (χ4v) is 4.38. The predicted octanol–water partition coefficient (Wildman–Crippen LogP) is 2.41. The molecular formula is C16H24N2O2S. The highest BCUT2D eigenvalue weighted by molar-refractivity contribution is 7.86. The van der Waals surface area contributed by atoms with Gasteiger partial charge in [-0.3, -0.25) is 9.00 Å². The number of carbonyl (C=O) groups is 1. The van der Waals surface area contributed by atoms with Gasteiger partial charge in [-0.15, -0.1) is 0 Å². The van der Waals surface area contributed by atoms with Gasteiger partial charge >= 0.3 is 0 Å². The van der Waals surface area contributed by atoms with E-state index in [1.165, 1.54) is 6.42 Å². The number of amides is 1. The fraction of sp³-hybridized carbons (Fsp3) is 0.562. The van der Waals surface area contributed by atoms with Crippen LogP contribution in [0.1, 0.15) is 38.2 Å². The third-order valence-corrected chi connectivity index (χ3v) is 5.70. The molecule has 3 atom stereocenters. The van der Waals surface area contributed by atoms with Gasteiger partial charge in [-0.1, -0.05) is 31.9 Å². The van der Waals surface area contributed by atoms with E-state index in [0.717, 1.165) is 30.5 Å². The summed E-state index contributed by atoms with van der Waals surface area (Å²) in [5.74, 6) is 0.530. The van der Waals surface area contributed by atoms with E-state index in [2.05, 4.69) is 12.2 Å². The van der Waals surface area contributed by atoms with Crippen LogP contribution in [0.3, 0.4) is 0 Å². The Balaban J connectivity index is 1.87. The number of benzene rings is 1. The van der Waals surface area contributed by atoms with Crippen LogP contribution in [0, 0.1) is 5.92 Å². The highest BCUT2D eigenvalue weighted by Gasteiger charge is 2.25. The summed E-state index contributed by atoms with van der Waals surface area (Å²) in [6.07, 6.45) is 4.29.